The van der Waals surface area contributed by atoms with E-state index in [9.17, 15) is 4.79 Å². The summed E-state index contributed by atoms with van der Waals surface area (Å²) in [5.41, 5.74) is 15.2. The fourth-order valence-corrected chi connectivity index (χ4v) is 4.39. The van der Waals surface area contributed by atoms with E-state index in [1.54, 1.807) is 43.8 Å². The van der Waals surface area contributed by atoms with Gasteiger partial charge < -0.3 is 16.2 Å². The van der Waals surface area contributed by atoms with Crippen LogP contribution in [0.5, 0.6) is 0 Å². The minimum atomic E-state index is -0.331. The van der Waals surface area contributed by atoms with Crippen LogP contribution in [-0.2, 0) is 4.74 Å². The number of nitrogens with zero attached hydrogens (tertiary/aromatic N) is 1. The summed E-state index contributed by atoms with van der Waals surface area (Å²) >= 11 is 7.83. The lowest BCUT2D eigenvalue weighted by molar-refractivity contribution is 0.0526. The van der Waals surface area contributed by atoms with Crippen LogP contribution in [0, 0.1) is 6.92 Å². The van der Waals surface area contributed by atoms with Crippen LogP contribution in [0.4, 0.5) is 0 Å². The standard InChI is InChI=1S/C23H24ClN3O2S/c1-4-29-23(28)16-6-5-7-18(12-16)30-22-15(3)27(21(26)11-8-14(2)25)20-13-17(24)9-10-19(20)22/h5-13H,4,25-26H2,1-3H3/b14-8-,21-11+. The third-order valence-electron chi connectivity index (χ3n) is 4.45. The van der Waals surface area contributed by atoms with E-state index in [1.807, 2.05) is 47.9 Å². The second-order valence-electron chi connectivity index (χ2n) is 6.76. The van der Waals surface area contributed by atoms with Gasteiger partial charge in [-0.05, 0) is 63.3 Å². The third-order valence-corrected chi connectivity index (χ3v) is 5.89. The molecule has 3 rings (SSSR count). The SMILES string of the molecule is CCOC(=O)c1cccc(Sc2c(C)n(/C(N)=C/C=C(/C)N)c3cc(Cl)ccc23)c1. The van der Waals surface area contributed by atoms with Crippen LogP contribution in [-0.4, -0.2) is 17.1 Å². The molecular weight excluding hydrogens is 418 g/mol. The predicted molar refractivity (Wildman–Crippen MR) is 125 cm³/mol. The molecule has 2 aromatic carbocycles. The Morgan fingerprint density at radius 2 is 1.97 bits per heavy atom. The van der Waals surface area contributed by atoms with Gasteiger partial charge in [0, 0.05) is 31.6 Å². The highest BCUT2D eigenvalue weighted by Gasteiger charge is 2.17. The fraction of sp³-hybridized carbons (Fsp3) is 0.174. The molecule has 0 aliphatic carbocycles. The molecule has 1 aromatic heterocycles. The van der Waals surface area contributed by atoms with Gasteiger partial charge in [-0.15, -0.1) is 0 Å². The van der Waals surface area contributed by atoms with Crippen LogP contribution >= 0.6 is 23.4 Å². The summed E-state index contributed by atoms with van der Waals surface area (Å²) in [6, 6.07) is 13.1. The molecule has 0 radical (unpaired) electrons. The largest absolute Gasteiger partial charge is 0.462 e. The van der Waals surface area contributed by atoms with E-state index in [2.05, 4.69) is 0 Å². The monoisotopic (exact) mass is 441 g/mol. The first kappa shape index (κ1) is 21.9. The highest BCUT2D eigenvalue weighted by atomic mass is 35.5. The molecule has 0 saturated carbocycles. The molecule has 0 atom stereocenters. The zero-order chi connectivity index (χ0) is 21.8. The smallest absolute Gasteiger partial charge is 0.338 e. The van der Waals surface area contributed by atoms with Crippen molar-refractivity contribution in [3.63, 3.8) is 0 Å². The molecule has 3 aromatic rings. The number of hydrogen-bond donors (Lipinski definition) is 2. The minimum absolute atomic E-state index is 0.331. The van der Waals surface area contributed by atoms with E-state index in [0.717, 1.165) is 26.4 Å². The summed E-state index contributed by atoms with van der Waals surface area (Å²) in [5.74, 6) is 0.207. The average molecular weight is 442 g/mol. The summed E-state index contributed by atoms with van der Waals surface area (Å²) in [7, 11) is 0. The number of hydrogen-bond acceptors (Lipinski definition) is 5. The molecule has 0 amide bonds. The van der Waals surface area contributed by atoms with E-state index in [0.29, 0.717) is 28.7 Å². The van der Waals surface area contributed by atoms with Crippen molar-refractivity contribution < 1.29 is 9.53 Å². The van der Waals surface area contributed by atoms with Crippen molar-refractivity contribution in [3.05, 3.63) is 76.6 Å². The minimum Gasteiger partial charge on any atom is -0.462 e. The summed E-state index contributed by atoms with van der Waals surface area (Å²) in [6.07, 6.45) is 3.54. The average Bonchev–Trinajstić information content (AvgIpc) is 2.97. The normalized spacial score (nSPS) is 12.4. The van der Waals surface area contributed by atoms with Gasteiger partial charge in [0.1, 0.15) is 5.82 Å². The number of aromatic nitrogens is 1. The lowest BCUT2D eigenvalue weighted by Crippen LogP contribution is -2.08. The first-order chi connectivity index (χ1) is 14.3. The molecule has 0 aliphatic heterocycles. The van der Waals surface area contributed by atoms with Crippen LogP contribution in [0.15, 0.2) is 70.1 Å². The first-order valence-electron chi connectivity index (χ1n) is 9.47. The van der Waals surface area contributed by atoms with Crippen LogP contribution in [0.25, 0.3) is 16.7 Å². The number of benzene rings is 2. The second-order valence-corrected chi connectivity index (χ2v) is 8.28. The van der Waals surface area contributed by atoms with E-state index in [4.69, 9.17) is 27.8 Å². The van der Waals surface area contributed by atoms with E-state index >= 15 is 0 Å². The molecule has 30 heavy (non-hydrogen) atoms. The first-order valence-corrected chi connectivity index (χ1v) is 10.7. The number of carbonyl (C=O) groups is 1. The molecule has 0 fully saturated rings. The van der Waals surface area contributed by atoms with Crippen LogP contribution in [0.3, 0.4) is 0 Å². The molecule has 0 aliphatic rings. The van der Waals surface area contributed by atoms with Gasteiger partial charge in [0.25, 0.3) is 0 Å². The molecule has 1 heterocycles. The Kier molecular flexibility index (Phi) is 6.80. The molecule has 0 spiro atoms. The fourth-order valence-electron chi connectivity index (χ4n) is 3.13. The molecule has 4 N–H and O–H groups in total. The lowest BCUT2D eigenvalue weighted by atomic mass is 10.2. The Hall–Kier alpha value is -2.83. The summed E-state index contributed by atoms with van der Waals surface area (Å²) in [4.78, 5) is 14.1. The van der Waals surface area contributed by atoms with Gasteiger partial charge in [0.15, 0.2) is 0 Å². The van der Waals surface area contributed by atoms with Gasteiger partial charge in [-0.1, -0.05) is 35.5 Å². The van der Waals surface area contributed by atoms with Crippen molar-refractivity contribution in [1.82, 2.24) is 4.57 Å². The molecule has 5 nitrogen and oxygen atoms in total. The molecule has 0 unspecified atom stereocenters. The highest BCUT2D eigenvalue weighted by Crippen LogP contribution is 2.40. The van der Waals surface area contributed by atoms with Crippen molar-refractivity contribution in [2.45, 2.75) is 30.6 Å². The van der Waals surface area contributed by atoms with Crippen molar-refractivity contribution in [2.24, 2.45) is 11.5 Å². The zero-order valence-corrected chi connectivity index (χ0v) is 18.7. The maximum atomic E-state index is 12.1. The van der Waals surface area contributed by atoms with Gasteiger partial charge in [-0.2, -0.15) is 0 Å². The van der Waals surface area contributed by atoms with Crippen molar-refractivity contribution in [1.29, 1.82) is 0 Å². The number of ether oxygens (including phenoxy) is 1. The second kappa shape index (κ2) is 9.32. The maximum Gasteiger partial charge on any atom is 0.338 e. The molecule has 0 bridgehead atoms. The number of nitrogens with two attached hydrogens (primary N) is 2. The molecule has 156 valence electrons. The zero-order valence-electron chi connectivity index (χ0n) is 17.1. The summed E-state index contributed by atoms with van der Waals surface area (Å²) in [5, 5.41) is 1.65. The van der Waals surface area contributed by atoms with Crippen molar-refractivity contribution >= 4 is 46.1 Å². The topological polar surface area (TPSA) is 83.3 Å². The van der Waals surface area contributed by atoms with Gasteiger partial charge in [-0.3, -0.25) is 4.57 Å². The van der Waals surface area contributed by atoms with Gasteiger partial charge in [0.2, 0.25) is 0 Å². The number of halogens is 1. The molecule has 0 saturated heterocycles. The summed E-state index contributed by atoms with van der Waals surface area (Å²) in [6.45, 7) is 5.94. The van der Waals surface area contributed by atoms with Gasteiger partial charge in [0.05, 0.1) is 17.7 Å². The van der Waals surface area contributed by atoms with Crippen LogP contribution in [0.1, 0.15) is 29.9 Å². The highest BCUT2D eigenvalue weighted by molar-refractivity contribution is 7.99. The third kappa shape index (κ3) is 4.66. The van der Waals surface area contributed by atoms with Crippen LogP contribution < -0.4 is 11.5 Å². The quantitative estimate of drug-likeness (QED) is 0.387. The van der Waals surface area contributed by atoms with Gasteiger partial charge >= 0.3 is 5.97 Å². The predicted octanol–water partition coefficient (Wildman–Crippen LogP) is 5.55. The van der Waals surface area contributed by atoms with E-state index in [1.165, 1.54) is 0 Å². The Morgan fingerprint density at radius 1 is 1.20 bits per heavy atom. The maximum absolute atomic E-state index is 12.1. The number of fused-ring (bicyclic) bond motifs is 1. The van der Waals surface area contributed by atoms with Gasteiger partial charge in [-0.25, -0.2) is 4.79 Å². The lowest BCUT2D eigenvalue weighted by Gasteiger charge is -2.09. The molecular formula is C23H24ClN3O2S. The number of allylic oxidation sites excluding steroid dienone is 3. The van der Waals surface area contributed by atoms with Crippen LogP contribution in [0.2, 0.25) is 5.02 Å². The number of carbonyl (C=O) groups excluding carboxylic acids is 1. The Bertz CT molecular complexity index is 1160. The molecule has 7 heteroatoms. The van der Waals surface area contributed by atoms with E-state index < -0.39 is 0 Å². The Labute approximate surface area is 185 Å². The summed E-state index contributed by atoms with van der Waals surface area (Å²) < 4.78 is 7.07. The Morgan fingerprint density at radius 3 is 2.67 bits per heavy atom. The van der Waals surface area contributed by atoms with E-state index in [-0.39, 0.29) is 5.97 Å². The number of esters is 1. The Balaban J connectivity index is 2.11. The van der Waals surface area contributed by atoms with Crippen molar-refractivity contribution in [3.8, 4) is 0 Å². The number of rotatable bonds is 6. The van der Waals surface area contributed by atoms with Crippen molar-refractivity contribution in [2.75, 3.05) is 6.61 Å².